The Morgan fingerprint density at radius 2 is 1.74 bits per heavy atom. The molecule has 5 rings (SSSR count). The largest absolute Gasteiger partial charge is 0.424 e. The Labute approximate surface area is 193 Å². The molecule has 2 fully saturated rings. The monoisotopic (exact) mass is 476 g/mol. The summed E-state index contributed by atoms with van der Waals surface area (Å²) < 4.78 is 59.7. The van der Waals surface area contributed by atoms with E-state index in [1.807, 2.05) is 13.0 Å². The Kier molecular flexibility index (Phi) is 6.09. The van der Waals surface area contributed by atoms with Gasteiger partial charge in [-0.1, -0.05) is 0 Å². The summed E-state index contributed by atoms with van der Waals surface area (Å²) in [4.78, 5) is 15.2. The predicted octanol–water partition coefficient (Wildman–Crippen LogP) is 4.42. The molecule has 3 aromatic rings. The van der Waals surface area contributed by atoms with Gasteiger partial charge in [0.2, 0.25) is 0 Å². The SMILES string of the molecule is Cc1cc(N2CC3CCC(C2)C3Cc2nc(Oc3cc(F)cc(F)c3)n(CC(F)F)n2)ncn1. The van der Waals surface area contributed by atoms with Crippen molar-refractivity contribution in [3.05, 3.63) is 53.7 Å². The minimum Gasteiger partial charge on any atom is -0.424 e. The lowest BCUT2D eigenvalue weighted by atomic mass is 9.82. The van der Waals surface area contributed by atoms with Crippen LogP contribution in [0.15, 0.2) is 30.6 Å². The fourth-order valence-corrected chi connectivity index (χ4v) is 5.16. The van der Waals surface area contributed by atoms with Crippen LogP contribution in [0.25, 0.3) is 0 Å². The molecule has 0 radical (unpaired) electrons. The zero-order valence-corrected chi connectivity index (χ0v) is 18.5. The number of hydrogen-bond acceptors (Lipinski definition) is 6. The van der Waals surface area contributed by atoms with Crippen LogP contribution in [0.5, 0.6) is 11.8 Å². The molecule has 1 aliphatic carbocycles. The summed E-state index contributed by atoms with van der Waals surface area (Å²) in [7, 11) is 0. The molecule has 1 saturated carbocycles. The van der Waals surface area contributed by atoms with E-state index >= 15 is 0 Å². The zero-order chi connectivity index (χ0) is 23.8. The van der Waals surface area contributed by atoms with E-state index in [9.17, 15) is 17.6 Å². The number of ether oxygens (including phenoxy) is 1. The van der Waals surface area contributed by atoms with E-state index in [2.05, 4.69) is 25.0 Å². The van der Waals surface area contributed by atoms with Crippen molar-refractivity contribution in [3.63, 3.8) is 0 Å². The number of anilines is 1. The van der Waals surface area contributed by atoms with Gasteiger partial charge >= 0.3 is 6.01 Å². The van der Waals surface area contributed by atoms with Crippen molar-refractivity contribution in [2.45, 2.75) is 39.2 Å². The number of benzene rings is 1. The molecule has 0 N–H and O–H groups in total. The standard InChI is InChI=1S/C23H24F4N6O/c1-13-4-22(29-12-28-13)32-9-14-2-3-15(10-32)19(14)8-21-30-23(33(31-21)11-20(26)27)34-18-6-16(24)5-17(25)7-18/h4-7,12,14-15,19-20H,2-3,8-11H2,1H3. The first-order chi connectivity index (χ1) is 16.3. The summed E-state index contributed by atoms with van der Waals surface area (Å²) in [5.41, 5.74) is 0.916. The summed E-state index contributed by atoms with van der Waals surface area (Å²) in [5, 5.41) is 4.25. The Morgan fingerprint density at radius 3 is 2.38 bits per heavy atom. The molecule has 180 valence electrons. The molecule has 1 aromatic carbocycles. The van der Waals surface area contributed by atoms with Gasteiger partial charge in [-0.3, -0.25) is 0 Å². The molecule has 3 heterocycles. The molecule has 2 aromatic heterocycles. The third kappa shape index (κ3) is 4.83. The Morgan fingerprint density at radius 1 is 1.03 bits per heavy atom. The van der Waals surface area contributed by atoms with Gasteiger partial charge in [0.1, 0.15) is 36.1 Å². The highest BCUT2D eigenvalue weighted by molar-refractivity contribution is 5.40. The normalized spacial score (nSPS) is 21.9. The molecule has 1 aliphatic heterocycles. The predicted molar refractivity (Wildman–Crippen MR) is 115 cm³/mol. The van der Waals surface area contributed by atoms with Crippen molar-refractivity contribution < 1.29 is 22.3 Å². The summed E-state index contributed by atoms with van der Waals surface area (Å²) in [6, 6.07) is 4.41. The van der Waals surface area contributed by atoms with Gasteiger partial charge in [0, 0.05) is 49.5 Å². The second kappa shape index (κ2) is 9.19. The van der Waals surface area contributed by atoms with Gasteiger partial charge in [0.05, 0.1) is 0 Å². The minimum atomic E-state index is -2.68. The van der Waals surface area contributed by atoms with Gasteiger partial charge < -0.3 is 9.64 Å². The van der Waals surface area contributed by atoms with Gasteiger partial charge in [0.15, 0.2) is 5.82 Å². The van der Waals surface area contributed by atoms with Crippen LogP contribution in [0.4, 0.5) is 23.4 Å². The summed E-state index contributed by atoms with van der Waals surface area (Å²) in [6.07, 6.45) is 1.55. The van der Waals surface area contributed by atoms with Crippen LogP contribution in [0.2, 0.25) is 0 Å². The Hall–Kier alpha value is -3.24. The maximum Gasteiger partial charge on any atom is 0.320 e. The fourth-order valence-electron chi connectivity index (χ4n) is 5.16. The van der Waals surface area contributed by atoms with E-state index in [-0.39, 0.29) is 11.8 Å². The van der Waals surface area contributed by atoms with E-state index in [4.69, 9.17) is 4.74 Å². The lowest BCUT2D eigenvalue weighted by molar-refractivity contribution is 0.117. The molecule has 2 aliphatic rings. The molecular weight excluding hydrogens is 452 g/mol. The number of alkyl halides is 2. The lowest BCUT2D eigenvalue weighted by Crippen LogP contribution is -2.43. The molecule has 7 nitrogen and oxygen atoms in total. The highest BCUT2D eigenvalue weighted by atomic mass is 19.3. The van der Waals surface area contributed by atoms with Crippen molar-refractivity contribution in [1.29, 1.82) is 0 Å². The van der Waals surface area contributed by atoms with Crippen LogP contribution >= 0.6 is 0 Å². The van der Waals surface area contributed by atoms with Crippen LogP contribution < -0.4 is 9.64 Å². The topological polar surface area (TPSA) is 69.0 Å². The van der Waals surface area contributed by atoms with Crippen molar-refractivity contribution in [1.82, 2.24) is 24.7 Å². The average Bonchev–Trinajstić information content (AvgIpc) is 3.21. The first-order valence-electron chi connectivity index (χ1n) is 11.2. The zero-order valence-electron chi connectivity index (χ0n) is 18.5. The van der Waals surface area contributed by atoms with E-state index in [0.717, 1.165) is 54.3 Å². The summed E-state index contributed by atoms with van der Waals surface area (Å²) in [6.45, 7) is 2.91. The number of piperidine rings is 1. The molecule has 2 atom stereocenters. The summed E-state index contributed by atoms with van der Waals surface area (Å²) >= 11 is 0. The van der Waals surface area contributed by atoms with Crippen LogP contribution in [0, 0.1) is 36.3 Å². The third-order valence-electron chi connectivity index (χ3n) is 6.60. The Balaban J connectivity index is 1.33. The van der Waals surface area contributed by atoms with Crippen LogP contribution in [-0.2, 0) is 13.0 Å². The molecule has 2 bridgehead atoms. The molecule has 34 heavy (non-hydrogen) atoms. The second-order valence-corrected chi connectivity index (χ2v) is 8.98. The number of nitrogens with zero attached hydrogens (tertiary/aromatic N) is 6. The third-order valence-corrected chi connectivity index (χ3v) is 6.60. The number of fused-ring (bicyclic) bond motifs is 2. The van der Waals surface area contributed by atoms with Crippen molar-refractivity contribution in [2.75, 3.05) is 18.0 Å². The second-order valence-electron chi connectivity index (χ2n) is 8.98. The highest BCUT2D eigenvalue weighted by Gasteiger charge is 2.43. The fraction of sp³-hybridized carbons (Fsp3) is 0.478. The van der Waals surface area contributed by atoms with Gasteiger partial charge in [0.25, 0.3) is 6.43 Å². The molecule has 1 saturated heterocycles. The van der Waals surface area contributed by atoms with Crippen molar-refractivity contribution in [3.8, 4) is 11.8 Å². The maximum absolute atomic E-state index is 13.5. The number of aromatic nitrogens is 5. The Bertz CT molecular complexity index is 1140. The highest BCUT2D eigenvalue weighted by Crippen LogP contribution is 2.44. The van der Waals surface area contributed by atoms with E-state index < -0.39 is 24.6 Å². The number of hydrogen-bond donors (Lipinski definition) is 0. The quantitative estimate of drug-likeness (QED) is 0.471. The van der Waals surface area contributed by atoms with Crippen molar-refractivity contribution >= 4 is 5.82 Å². The molecule has 2 unspecified atom stereocenters. The van der Waals surface area contributed by atoms with Crippen LogP contribution in [-0.4, -0.2) is 44.2 Å². The van der Waals surface area contributed by atoms with Crippen LogP contribution in [0.1, 0.15) is 24.4 Å². The van der Waals surface area contributed by atoms with E-state index in [1.165, 1.54) is 0 Å². The first kappa shape index (κ1) is 22.5. The lowest BCUT2D eigenvalue weighted by Gasteiger charge is -2.38. The maximum atomic E-state index is 13.5. The van der Waals surface area contributed by atoms with E-state index in [1.54, 1.807) is 6.33 Å². The van der Waals surface area contributed by atoms with Crippen molar-refractivity contribution in [2.24, 2.45) is 17.8 Å². The number of aryl methyl sites for hydroxylation is 1. The molecule has 0 amide bonds. The number of halogens is 4. The van der Waals surface area contributed by atoms with Gasteiger partial charge in [-0.05, 0) is 37.5 Å². The minimum absolute atomic E-state index is 0.166. The molecule has 0 spiro atoms. The van der Waals surface area contributed by atoms with Gasteiger partial charge in [-0.15, -0.1) is 0 Å². The summed E-state index contributed by atoms with van der Waals surface area (Å²) in [5.74, 6) is 0.577. The average molecular weight is 476 g/mol. The molecule has 11 heteroatoms. The van der Waals surface area contributed by atoms with E-state index in [0.29, 0.717) is 36.1 Å². The van der Waals surface area contributed by atoms with Crippen LogP contribution in [0.3, 0.4) is 0 Å². The number of rotatable bonds is 7. The molecular formula is C23H24F4N6O. The van der Waals surface area contributed by atoms with Gasteiger partial charge in [-0.2, -0.15) is 10.1 Å². The van der Waals surface area contributed by atoms with Gasteiger partial charge in [-0.25, -0.2) is 32.2 Å². The first-order valence-corrected chi connectivity index (χ1v) is 11.2. The smallest absolute Gasteiger partial charge is 0.320 e.